The van der Waals surface area contributed by atoms with Crippen LogP contribution >= 0.6 is 11.6 Å². The molecular weight excluding hydrogens is 287 g/mol. The highest BCUT2D eigenvalue weighted by Crippen LogP contribution is 2.24. The van der Waals surface area contributed by atoms with Crippen LogP contribution in [-0.2, 0) is 4.79 Å². The quantitative estimate of drug-likeness (QED) is 0.878. The molecule has 1 rings (SSSR count). The van der Waals surface area contributed by atoms with E-state index in [-0.39, 0.29) is 17.3 Å². The summed E-state index contributed by atoms with van der Waals surface area (Å²) in [5.74, 6) is -2.36. The zero-order valence-electron chi connectivity index (χ0n) is 11.2. The van der Waals surface area contributed by atoms with Crippen molar-refractivity contribution in [3.8, 4) is 0 Å². The monoisotopic (exact) mass is 302 g/mol. The molecule has 5 nitrogen and oxygen atoms in total. The second kappa shape index (κ2) is 7.09. The highest BCUT2D eigenvalue weighted by molar-refractivity contribution is 6.33. The average molecular weight is 303 g/mol. The molecule has 0 radical (unpaired) electrons. The third kappa shape index (κ3) is 4.09. The van der Waals surface area contributed by atoms with Crippen LogP contribution in [0.4, 0.5) is 14.9 Å². The Balaban J connectivity index is 2.80. The van der Waals surface area contributed by atoms with E-state index in [4.69, 9.17) is 16.7 Å². The number of para-hydroxylation sites is 1. The first kappa shape index (κ1) is 16.2. The van der Waals surface area contributed by atoms with E-state index in [1.165, 1.54) is 30.0 Å². The van der Waals surface area contributed by atoms with E-state index in [9.17, 15) is 14.0 Å². The van der Waals surface area contributed by atoms with Gasteiger partial charge in [0.25, 0.3) is 0 Å². The lowest BCUT2D eigenvalue weighted by molar-refractivity contribution is -0.141. The maximum absolute atomic E-state index is 13.6. The lowest BCUT2D eigenvalue weighted by Crippen LogP contribution is -2.39. The smallest absolute Gasteiger partial charge is 0.321 e. The zero-order valence-corrected chi connectivity index (χ0v) is 11.9. The summed E-state index contributed by atoms with van der Waals surface area (Å²) < 4.78 is 13.6. The molecule has 0 saturated heterocycles. The highest BCUT2D eigenvalue weighted by atomic mass is 35.5. The molecule has 0 heterocycles. The molecule has 1 aromatic carbocycles. The molecule has 0 bridgehead atoms. The molecule has 2 amide bonds. The number of amides is 2. The molecule has 0 aromatic heterocycles. The van der Waals surface area contributed by atoms with Gasteiger partial charge in [0.2, 0.25) is 0 Å². The fourth-order valence-electron chi connectivity index (χ4n) is 1.57. The Kier molecular flexibility index (Phi) is 5.76. The van der Waals surface area contributed by atoms with Gasteiger partial charge in [0.15, 0.2) is 0 Å². The Bertz CT molecular complexity index is 490. The summed E-state index contributed by atoms with van der Waals surface area (Å²) in [6.07, 6.45) is 0. The van der Waals surface area contributed by atoms with Crippen molar-refractivity contribution >= 4 is 29.3 Å². The predicted octanol–water partition coefficient (Wildman–Crippen LogP) is 3.05. The van der Waals surface area contributed by atoms with Gasteiger partial charge in [0.05, 0.1) is 16.6 Å². The van der Waals surface area contributed by atoms with Crippen molar-refractivity contribution in [3.05, 3.63) is 29.0 Å². The van der Waals surface area contributed by atoms with Crippen molar-refractivity contribution in [1.29, 1.82) is 0 Å². The number of carbonyl (C=O) groups is 2. The molecule has 0 fully saturated rings. The largest absolute Gasteiger partial charge is 0.481 e. The number of aliphatic carboxylic acids is 1. The van der Waals surface area contributed by atoms with E-state index in [1.807, 2.05) is 0 Å². The van der Waals surface area contributed by atoms with Crippen molar-refractivity contribution in [1.82, 2.24) is 4.90 Å². The van der Waals surface area contributed by atoms with E-state index in [0.29, 0.717) is 6.54 Å². The minimum Gasteiger partial charge on any atom is -0.481 e. The number of carboxylic acid groups (broad SMARTS) is 1. The minimum absolute atomic E-state index is 0.0315. The fraction of sp³-hybridized carbons (Fsp3) is 0.385. The third-order valence-corrected chi connectivity index (χ3v) is 3.09. The van der Waals surface area contributed by atoms with Gasteiger partial charge in [0, 0.05) is 13.1 Å². The summed E-state index contributed by atoms with van der Waals surface area (Å²) >= 11 is 5.81. The van der Waals surface area contributed by atoms with Gasteiger partial charge < -0.3 is 15.3 Å². The summed E-state index contributed by atoms with van der Waals surface area (Å²) in [4.78, 5) is 24.1. The molecule has 0 spiro atoms. The number of urea groups is 1. The van der Waals surface area contributed by atoms with Gasteiger partial charge >= 0.3 is 12.0 Å². The number of halogens is 2. The molecule has 2 N–H and O–H groups in total. The maximum atomic E-state index is 13.6. The molecule has 0 aliphatic carbocycles. The normalized spacial score (nSPS) is 11.8. The first-order valence-electron chi connectivity index (χ1n) is 6.09. The predicted molar refractivity (Wildman–Crippen MR) is 74.5 cm³/mol. The number of carboxylic acids is 1. The third-order valence-electron chi connectivity index (χ3n) is 2.78. The number of nitrogens with zero attached hydrogens (tertiary/aromatic N) is 1. The lowest BCUT2D eigenvalue weighted by atomic mass is 10.2. The molecule has 1 atom stereocenters. The summed E-state index contributed by atoms with van der Waals surface area (Å²) in [6.45, 7) is 3.53. The number of benzene rings is 1. The van der Waals surface area contributed by atoms with Crippen LogP contribution in [0, 0.1) is 11.7 Å². The highest BCUT2D eigenvalue weighted by Gasteiger charge is 2.20. The number of anilines is 1. The second-order valence-corrected chi connectivity index (χ2v) is 4.71. The molecule has 7 heteroatoms. The molecule has 0 saturated carbocycles. The SMILES string of the molecule is CCN(CC(C)C(=O)O)C(=O)Nc1c(F)cccc1Cl. The number of rotatable bonds is 5. The van der Waals surface area contributed by atoms with E-state index in [0.717, 1.165) is 0 Å². The van der Waals surface area contributed by atoms with Crippen LogP contribution in [0.1, 0.15) is 13.8 Å². The Morgan fingerprint density at radius 3 is 2.65 bits per heavy atom. The van der Waals surface area contributed by atoms with Crippen LogP contribution in [0.5, 0.6) is 0 Å². The van der Waals surface area contributed by atoms with Crippen LogP contribution in [0.25, 0.3) is 0 Å². The van der Waals surface area contributed by atoms with Crippen molar-refractivity contribution in [2.24, 2.45) is 5.92 Å². The molecule has 1 aromatic rings. The van der Waals surface area contributed by atoms with Crippen LogP contribution < -0.4 is 5.32 Å². The number of hydrogen-bond acceptors (Lipinski definition) is 2. The summed E-state index contributed by atoms with van der Waals surface area (Å²) in [6, 6.07) is 3.47. The summed E-state index contributed by atoms with van der Waals surface area (Å²) in [5.41, 5.74) is -0.111. The van der Waals surface area contributed by atoms with E-state index in [2.05, 4.69) is 5.32 Å². The lowest BCUT2D eigenvalue weighted by Gasteiger charge is -2.23. The molecule has 1 unspecified atom stereocenters. The zero-order chi connectivity index (χ0) is 15.3. The van der Waals surface area contributed by atoms with E-state index in [1.54, 1.807) is 6.92 Å². The number of hydrogen-bond donors (Lipinski definition) is 2. The average Bonchev–Trinajstić information content (AvgIpc) is 2.39. The van der Waals surface area contributed by atoms with Gasteiger partial charge in [0.1, 0.15) is 5.82 Å². The van der Waals surface area contributed by atoms with Crippen molar-refractivity contribution < 1.29 is 19.1 Å². The van der Waals surface area contributed by atoms with Crippen molar-refractivity contribution in [3.63, 3.8) is 0 Å². The maximum Gasteiger partial charge on any atom is 0.321 e. The van der Waals surface area contributed by atoms with Gasteiger partial charge in [-0.1, -0.05) is 24.6 Å². The molecule has 20 heavy (non-hydrogen) atoms. The van der Waals surface area contributed by atoms with Gasteiger partial charge in [-0.25, -0.2) is 9.18 Å². The van der Waals surface area contributed by atoms with Gasteiger partial charge in [-0.15, -0.1) is 0 Å². The van der Waals surface area contributed by atoms with Crippen LogP contribution in [-0.4, -0.2) is 35.1 Å². The van der Waals surface area contributed by atoms with Crippen molar-refractivity contribution in [2.75, 3.05) is 18.4 Å². The van der Waals surface area contributed by atoms with Gasteiger partial charge in [-0.3, -0.25) is 4.79 Å². The molecular formula is C13H16ClFN2O3. The summed E-state index contributed by atoms with van der Waals surface area (Å²) in [7, 11) is 0. The first-order chi connectivity index (χ1) is 9.36. The van der Waals surface area contributed by atoms with Crippen LogP contribution in [0.3, 0.4) is 0 Å². The molecule has 110 valence electrons. The minimum atomic E-state index is -1.000. The van der Waals surface area contributed by atoms with Gasteiger partial charge in [-0.2, -0.15) is 0 Å². The van der Waals surface area contributed by atoms with E-state index >= 15 is 0 Å². The number of nitrogens with one attached hydrogen (secondary N) is 1. The Labute approximate surface area is 121 Å². The fourth-order valence-corrected chi connectivity index (χ4v) is 1.78. The number of carbonyl (C=O) groups excluding carboxylic acids is 1. The first-order valence-corrected chi connectivity index (χ1v) is 6.47. The Hall–Kier alpha value is -1.82. The Morgan fingerprint density at radius 1 is 1.50 bits per heavy atom. The van der Waals surface area contributed by atoms with E-state index < -0.39 is 23.7 Å². The van der Waals surface area contributed by atoms with Crippen LogP contribution in [0.2, 0.25) is 5.02 Å². The molecule has 0 aliphatic rings. The van der Waals surface area contributed by atoms with Crippen molar-refractivity contribution in [2.45, 2.75) is 13.8 Å². The second-order valence-electron chi connectivity index (χ2n) is 4.30. The Morgan fingerprint density at radius 2 is 2.15 bits per heavy atom. The topological polar surface area (TPSA) is 69.6 Å². The summed E-state index contributed by atoms with van der Waals surface area (Å²) in [5, 5.41) is 11.3. The standard InChI is InChI=1S/C13H16ClFN2O3/c1-3-17(7-8(2)12(18)19)13(20)16-11-9(14)5-4-6-10(11)15/h4-6,8H,3,7H2,1-2H3,(H,16,20)(H,18,19). The molecule has 0 aliphatic heterocycles. The van der Waals surface area contributed by atoms with Gasteiger partial charge in [-0.05, 0) is 19.1 Å². The van der Waals surface area contributed by atoms with Crippen LogP contribution in [0.15, 0.2) is 18.2 Å².